The number of rotatable bonds is 4. The quantitative estimate of drug-likeness (QED) is 0.867. The summed E-state index contributed by atoms with van der Waals surface area (Å²) in [6.07, 6.45) is 4.90. The Balaban J connectivity index is 2.10. The van der Waals surface area contributed by atoms with Crippen molar-refractivity contribution in [2.24, 2.45) is 5.92 Å². The van der Waals surface area contributed by atoms with Crippen molar-refractivity contribution in [1.82, 2.24) is 0 Å². The van der Waals surface area contributed by atoms with E-state index in [9.17, 15) is 5.11 Å². The van der Waals surface area contributed by atoms with Crippen LogP contribution in [0.1, 0.15) is 38.2 Å². The Kier molecular flexibility index (Phi) is 3.72. The van der Waals surface area contributed by atoms with Gasteiger partial charge in [-0.1, -0.05) is 31.5 Å². The van der Waals surface area contributed by atoms with Crippen molar-refractivity contribution in [3.05, 3.63) is 29.8 Å². The zero-order chi connectivity index (χ0) is 12.3. The Bertz CT molecular complexity index is 375. The van der Waals surface area contributed by atoms with Crippen molar-refractivity contribution in [2.75, 3.05) is 7.11 Å². The average Bonchev–Trinajstić information content (AvgIpc) is 2.72. The van der Waals surface area contributed by atoms with Crippen molar-refractivity contribution in [3.8, 4) is 5.75 Å². The summed E-state index contributed by atoms with van der Waals surface area (Å²) in [5.41, 5.74) is 0.601. The second-order valence-electron chi connectivity index (χ2n) is 5.23. The minimum Gasteiger partial charge on any atom is -0.496 e. The van der Waals surface area contributed by atoms with Crippen LogP contribution in [0.2, 0.25) is 0 Å². The monoisotopic (exact) mass is 234 g/mol. The highest BCUT2D eigenvalue weighted by Crippen LogP contribution is 2.39. The van der Waals surface area contributed by atoms with Crippen LogP contribution in [0.5, 0.6) is 5.75 Å². The van der Waals surface area contributed by atoms with E-state index in [1.54, 1.807) is 7.11 Å². The lowest BCUT2D eigenvalue weighted by atomic mass is 9.91. The van der Waals surface area contributed by atoms with Crippen LogP contribution in [0.3, 0.4) is 0 Å². The Morgan fingerprint density at radius 3 is 2.82 bits per heavy atom. The topological polar surface area (TPSA) is 29.5 Å². The number of hydrogen-bond acceptors (Lipinski definition) is 2. The summed E-state index contributed by atoms with van der Waals surface area (Å²) < 4.78 is 5.34. The van der Waals surface area contributed by atoms with Gasteiger partial charge >= 0.3 is 0 Å². The minimum absolute atomic E-state index is 0.519. The van der Waals surface area contributed by atoms with Crippen LogP contribution in [0.15, 0.2) is 24.3 Å². The molecule has 2 nitrogen and oxygen atoms in total. The van der Waals surface area contributed by atoms with E-state index in [4.69, 9.17) is 4.74 Å². The molecule has 1 aromatic carbocycles. The van der Waals surface area contributed by atoms with Gasteiger partial charge in [-0.2, -0.15) is 0 Å². The number of aliphatic hydroxyl groups is 1. The molecule has 0 aliphatic heterocycles. The lowest BCUT2D eigenvalue weighted by molar-refractivity contribution is 0.0431. The van der Waals surface area contributed by atoms with Gasteiger partial charge < -0.3 is 9.84 Å². The second kappa shape index (κ2) is 5.09. The maximum absolute atomic E-state index is 10.6. The van der Waals surface area contributed by atoms with E-state index >= 15 is 0 Å². The van der Waals surface area contributed by atoms with E-state index in [1.807, 2.05) is 18.2 Å². The molecule has 0 spiro atoms. The molecule has 1 fully saturated rings. The molecule has 1 aromatic rings. The van der Waals surface area contributed by atoms with Crippen molar-refractivity contribution in [3.63, 3.8) is 0 Å². The zero-order valence-electron chi connectivity index (χ0n) is 10.8. The molecular formula is C15H22O2. The first-order chi connectivity index (χ1) is 8.17. The Morgan fingerprint density at radius 2 is 2.18 bits per heavy atom. The summed E-state index contributed by atoms with van der Waals surface area (Å²) in [6, 6.07) is 7.99. The fraction of sp³-hybridized carbons (Fsp3) is 0.600. The summed E-state index contributed by atoms with van der Waals surface area (Å²) in [6.45, 7) is 2.21. The normalized spacial score (nSPS) is 28.3. The molecule has 0 saturated heterocycles. The molecule has 94 valence electrons. The highest BCUT2D eigenvalue weighted by atomic mass is 16.5. The summed E-state index contributed by atoms with van der Waals surface area (Å²) in [5, 5.41) is 10.6. The third-order valence-corrected chi connectivity index (χ3v) is 3.98. The SMILES string of the molecule is CCC1CCC(O)(Cc2ccccc2OC)C1. The first-order valence-corrected chi connectivity index (χ1v) is 6.51. The van der Waals surface area contributed by atoms with Crippen LogP contribution >= 0.6 is 0 Å². The highest BCUT2D eigenvalue weighted by molar-refractivity contribution is 5.34. The van der Waals surface area contributed by atoms with Gasteiger partial charge in [-0.15, -0.1) is 0 Å². The molecule has 0 heterocycles. The number of ether oxygens (including phenoxy) is 1. The van der Waals surface area contributed by atoms with Gasteiger partial charge in [-0.3, -0.25) is 0 Å². The fourth-order valence-electron chi connectivity index (χ4n) is 2.93. The molecule has 17 heavy (non-hydrogen) atoms. The molecule has 0 bridgehead atoms. The molecular weight excluding hydrogens is 212 g/mol. The van der Waals surface area contributed by atoms with Gasteiger partial charge in [0.2, 0.25) is 0 Å². The maximum Gasteiger partial charge on any atom is 0.122 e. The second-order valence-corrected chi connectivity index (χ2v) is 5.23. The molecule has 0 amide bonds. The largest absolute Gasteiger partial charge is 0.496 e. The van der Waals surface area contributed by atoms with Gasteiger partial charge in [0.25, 0.3) is 0 Å². The molecule has 2 unspecified atom stereocenters. The average molecular weight is 234 g/mol. The van der Waals surface area contributed by atoms with E-state index < -0.39 is 5.60 Å². The van der Waals surface area contributed by atoms with Crippen LogP contribution in [0, 0.1) is 5.92 Å². The zero-order valence-corrected chi connectivity index (χ0v) is 10.8. The van der Waals surface area contributed by atoms with Crippen molar-refractivity contribution in [2.45, 2.75) is 44.6 Å². The molecule has 1 N–H and O–H groups in total. The van der Waals surface area contributed by atoms with Gasteiger partial charge in [0.05, 0.1) is 12.7 Å². The first-order valence-electron chi connectivity index (χ1n) is 6.51. The maximum atomic E-state index is 10.6. The first kappa shape index (κ1) is 12.4. The van der Waals surface area contributed by atoms with Crippen molar-refractivity contribution in [1.29, 1.82) is 0 Å². The molecule has 0 aromatic heterocycles. The fourth-order valence-corrected chi connectivity index (χ4v) is 2.93. The van der Waals surface area contributed by atoms with Crippen LogP contribution in [-0.2, 0) is 6.42 Å². The summed E-state index contributed by atoms with van der Waals surface area (Å²) in [4.78, 5) is 0. The van der Waals surface area contributed by atoms with Gasteiger partial charge in [0.15, 0.2) is 0 Å². The van der Waals surface area contributed by atoms with Gasteiger partial charge in [0.1, 0.15) is 5.75 Å². The third kappa shape index (κ3) is 2.81. The summed E-state index contributed by atoms with van der Waals surface area (Å²) in [5.74, 6) is 1.58. The van der Waals surface area contributed by atoms with Gasteiger partial charge in [-0.25, -0.2) is 0 Å². The summed E-state index contributed by atoms with van der Waals surface area (Å²) in [7, 11) is 1.69. The predicted octanol–water partition coefficient (Wildman–Crippen LogP) is 3.18. The van der Waals surface area contributed by atoms with Crippen molar-refractivity contribution < 1.29 is 9.84 Å². The Hall–Kier alpha value is -1.02. The van der Waals surface area contributed by atoms with Gasteiger partial charge in [-0.05, 0) is 36.8 Å². The number of methoxy groups -OCH3 is 1. The van der Waals surface area contributed by atoms with Crippen molar-refractivity contribution >= 4 is 0 Å². The molecule has 1 saturated carbocycles. The van der Waals surface area contributed by atoms with Crippen LogP contribution in [-0.4, -0.2) is 17.8 Å². The predicted molar refractivity (Wildman–Crippen MR) is 69.3 cm³/mol. The molecule has 2 rings (SSSR count). The third-order valence-electron chi connectivity index (χ3n) is 3.98. The van der Waals surface area contributed by atoms with Crippen LogP contribution < -0.4 is 4.74 Å². The Labute approximate surface area is 104 Å². The smallest absolute Gasteiger partial charge is 0.122 e. The molecule has 1 aliphatic rings. The molecule has 2 atom stereocenters. The lowest BCUT2D eigenvalue weighted by Gasteiger charge is -2.24. The summed E-state index contributed by atoms with van der Waals surface area (Å²) >= 11 is 0. The van der Waals surface area contributed by atoms with Crippen LogP contribution in [0.25, 0.3) is 0 Å². The van der Waals surface area contributed by atoms with E-state index in [-0.39, 0.29) is 0 Å². The van der Waals surface area contributed by atoms with E-state index in [0.29, 0.717) is 12.3 Å². The highest BCUT2D eigenvalue weighted by Gasteiger charge is 2.36. The van der Waals surface area contributed by atoms with E-state index in [2.05, 4.69) is 13.0 Å². The number of benzene rings is 1. The lowest BCUT2D eigenvalue weighted by Crippen LogP contribution is -2.28. The minimum atomic E-state index is -0.519. The number of para-hydroxylation sites is 1. The molecule has 2 heteroatoms. The standard InChI is InChI=1S/C15H22O2/c1-3-12-8-9-15(16,10-12)11-13-6-4-5-7-14(13)17-2/h4-7,12,16H,3,8-11H2,1-2H3. The molecule has 1 aliphatic carbocycles. The molecule has 0 radical (unpaired) electrons. The van der Waals surface area contributed by atoms with Gasteiger partial charge in [0, 0.05) is 6.42 Å². The van der Waals surface area contributed by atoms with E-state index in [1.165, 1.54) is 6.42 Å². The Morgan fingerprint density at radius 1 is 1.41 bits per heavy atom. The van der Waals surface area contributed by atoms with E-state index in [0.717, 1.165) is 30.6 Å². The van der Waals surface area contributed by atoms with Crippen LogP contribution in [0.4, 0.5) is 0 Å². The number of hydrogen-bond donors (Lipinski definition) is 1.